The Hall–Kier alpha value is -1.20. The normalized spacial score (nSPS) is 9.42. The molecule has 0 aliphatic heterocycles. The van der Waals surface area contributed by atoms with E-state index in [4.69, 9.17) is 16.9 Å². The first-order chi connectivity index (χ1) is 5.69. The molecule has 3 heteroatoms. The molecule has 62 valence electrons. The SMILES string of the molecule is CCc1cc(Cl)cc(C#N)c1O. The summed E-state index contributed by atoms with van der Waals surface area (Å²) in [6.45, 7) is 1.90. The highest BCUT2D eigenvalue weighted by atomic mass is 35.5. The number of hydrogen-bond acceptors (Lipinski definition) is 2. The van der Waals surface area contributed by atoms with Crippen LogP contribution < -0.4 is 0 Å². The molecule has 1 aromatic carbocycles. The topological polar surface area (TPSA) is 44.0 Å². The maximum atomic E-state index is 9.43. The van der Waals surface area contributed by atoms with Gasteiger partial charge in [0.25, 0.3) is 0 Å². The zero-order valence-corrected chi connectivity index (χ0v) is 7.39. The van der Waals surface area contributed by atoms with E-state index in [9.17, 15) is 5.11 Å². The lowest BCUT2D eigenvalue weighted by Crippen LogP contribution is -1.85. The fraction of sp³-hybridized carbons (Fsp3) is 0.222. The van der Waals surface area contributed by atoms with Gasteiger partial charge in [-0.05, 0) is 24.1 Å². The largest absolute Gasteiger partial charge is 0.506 e. The van der Waals surface area contributed by atoms with Gasteiger partial charge < -0.3 is 5.11 Å². The van der Waals surface area contributed by atoms with Crippen LogP contribution in [0.25, 0.3) is 0 Å². The number of rotatable bonds is 1. The molecule has 0 aromatic heterocycles. The van der Waals surface area contributed by atoms with Gasteiger partial charge in [0.15, 0.2) is 0 Å². The van der Waals surface area contributed by atoms with Crippen molar-refractivity contribution in [3.8, 4) is 11.8 Å². The molecule has 0 amide bonds. The molecule has 0 heterocycles. The number of hydrogen-bond donors (Lipinski definition) is 1. The van der Waals surface area contributed by atoms with Gasteiger partial charge in [0.05, 0.1) is 5.56 Å². The van der Waals surface area contributed by atoms with Crippen LogP contribution in [0.4, 0.5) is 0 Å². The van der Waals surface area contributed by atoms with E-state index in [1.807, 2.05) is 13.0 Å². The molecule has 0 spiro atoms. The second-order valence-electron chi connectivity index (χ2n) is 2.43. The molecule has 12 heavy (non-hydrogen) atoms. The number of nitriles is 1. The van der Waals surface area contributed by atoms with Crippen molar-refractivity contribution in [2.24, 2.45) is 0 Å². The Balaban J connectivity index is 3.34. The van der Waals surface area contributed by atoms with Crippen molar-refractivity contribution in [3.05, 3.63) is 28.3 Å². The lowest BCUT2D eigenvalue weighted by atomic mass is 10.1. The number of aryl methyl sites for hydroxylation is 1. The molecule has 0 unspecified atom stereocenters. The van der Waals surface area contributed by atoms with Crippen LogP contribution in [0.15, 0.2) is 12.1 Å². The van der Waals surface area contributed by atoms with Gasteiger partial charge in [-0.3, -0.25) is 0 Å². The Bertz CT molecular complexity index is 341. The van der Waals surface area contributed by atoms with Crippen molar-refractivity contribution < 1.29 is 5.11 Å². The molecule has 2 nitrogen and oxygen atoms in total. The summed E-state index contributed by atoms with van der Waals surface area (Å²) in [4.78, 5) is 0. The van der Waals surface area contributed by atoms with Crippen molar-refractivity contribution >= 4 is 11.6 Å². The van der Waals surface area contributed by atoms with Gasteiger partial charge in [-0.15, -0.1) is 0 Å². The van der Waals surface area contributed by atoms with E-state index in [-0.39, 0.29) is 11.3 Å². The molecule has 0 aliphatic rings. The number of phenols is 1. The fourth-order valence-electron chi connectivity index (χ4n) is 1.01. The van der Waals surface area contributed by atoms with E-state index in [1.165, 1.54) is 6.07 Å². The minimum atomic E-state index is 0.0457. The van der Waals surface area contributed by atoms with Crippen LogP contribution in [-0.4, -0.2) is 5.11 Å². The molecular weight excluding hydrogens is 174 g/mol. The summed E-state index contributed by atoms with van der Waals surface area (Å²) in [5.41, 5.74) is 0.943. The van der Waals surface area contributed by atoms with Crippen LogP contribution in [0.1, 0.15) is 18.1 Å². The lowest BCUT2D eigenvalue weighted by Gasteiger charge is -2.03. The third-order valence-corrected chi connectivity index (χ3v) is 1.87. The summed E-state index contributed by atoms with van der Waals surface area (Å²) in [6, 6.07) is 5.00. The summed E-state index contributed by atoms with van der Waals surface area (Å²) < 4.78 is 0. The number of benzene rings is 1. The first-order valence-electron chi connectivity index (χ1n) is 3.60. The number of halogens is 1. The fourth-order valence-corrected chi connectivity index (χ4v) is 1.25. The summed E-state index contributed by atoms with van der Waals surface area (Å²) in [6.07, 6.45) is 0.668. The Morgan fingerprint density at radius 2 is 2.25 bits per heavy atom. The van der Waals surface area contributed by atoms with Gasteiger partial charge in [-0.1, -0.05) is 18.5 Å². The average Bonchev–Trinajstić information content (AvgIpc) is 2.08. The predicted octanol–water partition coefficient (Wildman–Crippen LogP) is 2.48. The van der Waals surface area contributed by atoms with Crippen molar-refractivity contribution in [2.45, 2.75) is 13.3 Å². The third-order valence-electron chi connectivity index (χ3n) is 1.65. The molecule has 0 radical (unpaired) electrons. The van der Waals surface area contributed by atoms with Gasteiger partial charge in [-0.2, -0.15) is 5.26 Å². The molecule has 1 aromatic rings. The second-order valence-corrected chi connectivity index (χ2v) is 2.86. The van der Waals surface area contributed by atoms with Crippen LogP contribution in [0.2, 0.25) is 5.02 Å². The summed E-state index contributed by atoms with van der Waals surface area (Å²) in [5.74, 6) is 0.0457. The quantitative estimate of drug-likeness (QED) is 0.724. The molecule has 0 fully saturated rings. The number of aromatic hydroxyl groups is 1. The van der Waals surface area contributed by atoms with Crippen LogP contribution in [0.3, 0.4) is 0 Å². The van der Waals surface area contributed by atoms with Gasteiger partial charge in [0, 0.05) is 5.02 Å². The maximum Gasteiger partial charge on any atom is 0.136 e. The number of nitrogens with zero attached hydrogens (tertiary/aromatic N) is 1. The Morgan fingerprint density at radius 3 is 2.75 bits per heavy atom. The molecule has 1 N–H and O–H groups in total. The average molecular weight is 182 g/mol. The van der Waals surface area contributed by atoms with Crippen molar-refractivity contribution in [1.82, 2.24) is 0 Å². The van der Waals surface area contributed by atoms with E-state index >= 15 is 0 Å². The Kier molecular flexibility index (Phi) is 2.57. The predicted molar refractivity (Wildman–Crippen MR) is 47.2 cm³/mol. The van der Waals surface area contributed by atoms with E-state index < -0.39 is 0 Å². The van der Waals surface area contributed by atoms with E-state index in [1.54, 1.807) is 6.07 Å². The van der Waals surface area contributed by atoms with Crippen LogP contribution >= 0.6 is 11.6 Å². The minimum Gasteiger partial charge on any atom is -0.506 e. The molecule has 0 aliphatic carbocycles. The molecular formula is C9H8ClNO. The summed E-state index contributed by atoms with van der Waals surface area (Å²) >= 11 is 5.72. The van der Waals surface area contributed by atoms with E-state index in [0.29, 0.717) is 17.0 Å². The monoisotopic (exact) mass is 181 g/mol. The lowest BCUT2D eigenvalue weighted by molar-refractivity contribution is 0.467. The molecule has 0 saturated carbocycles. The second kappa shape index (κ2) is 3.46. The van der Waals surface area contributed by atoms with Crippen molar-refractivity contribution in [1.29, 1.82) is 5.26 Å². The van der Waals surface area contributed by atoms with Gasteiger partial charge in [0.1, 0.15) is 11.8 Å². The molecule has 0 saturated heterocycles. The molecule has 0 atom stereocenters. The first kappa shape index (κ1) is 8.89. The Labute approximate surface area is 76.0 Å². The van der Waals surface area contributed by atoms with Gasteiger partial charge in [0.2, 0.25) is 0 Å². The highest BCUT2D eigenvalue weighted by molar-refractivity contribution is 6.30. The number of phenolic OH excluding ortho intramolecular Hbond substituents is 1. The van der Waals surface area contributed by atoms with Crippen LogP contribution in [0, 0.1) is 11.3 Å². The molecule has 0 bridgehead atoms. The maximum absolute atomic E-state index is 9.43. The molecule has 1 rings (SSSR count). The van der Waals surface area contributed by atoms with Crippen LogP contribution in [0.5, 0.6) is 5.75 Å². The highest BCUT2D eigenvalue weighted by Gasteiger charge is 2.06. The van der Waals surface area contributed by atoms with Crippen LogP contribution in [-0.2, 0) is 6.42 Å². The third kappa shape index (κ3) is 1.51. The Morgan fingerprint density at radius 1 is 1.58 bits per heavy atom. The van der Waals surface area contributed by atoms with Crippen molar-refractivity contribution in [3.63, 3.8) is 0 Å². The van der Waals surface area contributed by atoms with E-state index in [0.717, 1.165) is 0 Å². The summed E-state index contributed by atoms with van der Waals surface area (Å²) in [7, 11) is 0. The first-order valence-corrected chi connectivity index (χ1v) is 3.98. The summed E-state index contributed by atoms with van der Waals surface area (Å²) in [5, 5.41) is 18.5. The zero-order valence-electron chi connectivity index (χ0n) is 6.63. The van der Waals surface area contributed by atoms with Gasteiger partial charge in [-0.25, -0.2) is 0 Å². The highest BCUT2D eigenvalue weighted by Crippen LogP contribution is 2.26. The standard InChI is InChI=1S/C9H8ClNO/c1-2-6-3-8(10)4-7(5-11)9(6)12/h3-4,12H,2H2,1H3. The van der Waals surface area contributed by atoms with E-state index in [2.05, 4.69) is 0 Å². The van der Waals surface area contributed by atoms with Crippen molar-refractivity contribution in [2.75, 3.05) is 0 Å². The smallest absolute Gasteiger partial charge is 0.136 e. The van der Waals surface area contributed by atoms with Gasteiger partial charge >= 0.3 is 0 Å². The minimum absolute atomic E-state index is 0.0457. The zero-order chi connectivity index (χ0) is 9.14.